The lowest BCUT2D eigenvalue weighted by atomic mass is 10.2. The molecule has 0 aliphatic carbocycles. The Balaban J connectivity index is 2.38. The Kier molecular flexibility index (Phi) is 4.88. The van der Waals surface area contributed by atoms with E-state index in [0.717, 1.165) is 18.2 Å². The molecule has 5 nitrogen and oxygen atoms in total. The monoisotopic (exact) mass is 464 g/mol. The third-order valence-electron chi connectivity index (χ3n) is 2.58. The number of anilines is 1. The lowest BCUT2D eigenvalue weighted by Gasteiger charge is -2.08. The van der Waals surface area contributed by atoms with Crippen LogP contribution in [0.15, 0.2) is 40.9 Å². The van der Waals surface area contributed by atoms with Crippen LogP contribution in [0.2, 0.25) is 0 Å². The highest BCUT2D eigenvalue weighted by molar-refractivity contribution is 14.1. The summed E-state index contributed by atoms with van der Waals surface area (Å²) in [5.74, 6) is -1.21. The van der Waals surface area contributed by atoms with Crippen LogP contribution in [0.25, 0.3) is 0 Å². The van der Waals surface area contributed by atoms with Gasteiger partial charge in [-0.2, -0.15) is 0 Å². The molecule has 0 saturated heterocycles. The molecule has 0 spiro atoms. The summed E-state index contributed by atoms with van der Waals surface area (Å²) in [5, 5.41) is 13.3. The molecule has 0 aromatic heterocycles. The number of carbonyl (C=O) groups is 1. The van der Waals surface area contributed by atoms with Gasteiger partial charge in [-0.1, -0.05) is 15.9 Å². The fraction of sp³-hybridized carbons (Fsp3) is 0. The van der Waals surface area contributed by atoms with Crippen molar-refractivity contribution >= 4 is 55.8 Å². The van der Waals surface area contributed by atoms with Crippen molar-refractivity contribution in [3.8, 4) is 0 Å². The SMILES string of the molecule is O=C(Nc1cc(F)ccc1[N+](=O)[O-])c1cc(Br)ccc1I. The third-order valence-corrected chi connectivity index (χ3v) is 4.01. The molecule has 1 amide bonds. The second-order valence-corrected chi connectivity index (χ2v) is 6.07. The summed E-state index contributed by atoms with van der Waals surface area (Å²) in [5.41, 5.74) is -0.209. The number of nitro groups is 1. The van der Waals surface area contributed by atoms with Crippen LogP contribution >= 0.6 is 38.5 Å². The lowest BCUT2D eigenvalue weighted by Crippen LogP contribution is -2.14. The zero-order valence-electron chi connectivity index (χ0n) is 10.3. The molecule has 0 heterocycles. The van der Waals surface area contributed by atoms with Crippen LogP contribution in [-0.2, 0) is 0 Å². The first kappa shape index (κ1) is 15.8. The molecule has 0 bridgehead atoms. The number of nitrogens with one attached hydrogen (secondary N) is 1. The topological polar surface area (TPSA) is 72.2 Å². The molecule has 0 atom stereocenters. The minimum absolute atomic E-state index is 0.180. The largest absolute Gasteiger partial charge is 0.316 e. The molecule has 0 unspecified atom stereocenters. The van der Waals surface area contributed by atoms with Crippen LogP contribution in [-0.4, -0.2) is 10.8 Å². The molecule has 108 valence electrons. The van der Waals surface area contributed by atoms with Gasteiger partial charge in [-0.3, -0.25) is 14.9 Å². The van der Waals surface area contributed by atoms with Gasteiger partial charge < -0.3 is 5.32 Å². The molecule has 2 aromatic rings. The molecule has 2 rings (SSSR count). The Morgan fingerprint density at radius 3 is 2.67 bits per heavy atom. The number of rotatable bonds is 3. The molecule has 0 saturated carbocycles. The summed E-state index contributed by atoms with van der Waals surface area (Å²) in [7, 11) is 0. The molecular formula is C13H7BrFIN2O3. The number of hydrogen-bond acceptors (Lipinski definition) is 3. The van der Waals surface area contributed by atoms with E-state index in [9.17, 15) is 19.3 Å². The van der Waals surface area contributed by atoms with Crippen molar-refractivity contribution in [3.05, 3.63) is 65.9 Å². The number of nitrogens with zero attached hydrogens (tertiary/aromatic N) is 1. The zero-order chi connectivity index (χ0) is 15.6. The Morgan fingerprint density at radius 2 is 2.00 bits per heavy atom. The van der Waals surface area contributed by atoms with Gasteiger partial charge >= 0.3 is 0 Å². The van der Waals surface area contributed by atoms with Gasteiger partial charge in [0.15, 0.2) is 0 Å². The number of hydrogen-bond donors (Lipinski definition) is 1. The van der Waals surface area contributed by atoms with E-state index in [1.54, 1.807) is 18.2 Å². The third kappa shape index (κ3) is 3.76. The fourth-order valence-electron chi connectivity index (χ4n) is 1.63. The summed E-state index contributed by atoms with van der Waals surface area (Å²) >= 11 is 5.22. The molecule has 0 radical (unpaired) electrons. The van der Waals surface area contributed by atoms with E-state index in [2.05, 4.69) is 21.2 Å². The second kappa shape index (κ2) is 6.48. The number of carbonyl (C=O) groups excluding carboxylic acids is 1. The van der Waals surface area contributed by atoms with Gasteiger partial charge in [-0.15, -0.1) is 0 Å². The molecule has 21 heavy (non-hydrogen) atoms. The first-order chi connectivity index (χ1) is 9.88. The quantitative estimate of drug-likeness (QED) is 0.417. The van der Waals surface area contributed by atoms with Gasteiger partial charge in [-0.05, 0) is 46.9 Å². The second-order valence-electron chi connectivity index (χ2n) is 4.00. The van der Waals surface area contributed by atoms with Crippen molar-refractivity contribution in [2.45, 2.75) is 0 Å². The van der Waals surface area contributed by atoms with Crippen LogP contribution in [0.5, 0.6) is 0 Å². The van der Waals surface area contributed by atoms with Gasteiger partial charge in [-0.25, -0.2) is 4.39 Å². The van der Waals surface area contributed by atoms with E-state index in [1.165, 1.54) is 0 Å². The van der Waals surface area contributed by atoms with Crippen molar-refractivity contribution < 1.29 is 14.1 Å². The number of nitro benzene ring substituents is 1. The van der Waals surface area contributed by atoms with Crippen LogP contribution in [0.3, 0.4) is 0 Å². The maximum Gasteiger partial charge on any atom is 0.292 e. The Labute approximate surface area is 141 Å². The van der Waals surface area contributed by atoms with Gasteiger partial charge in [0.05, 0.1) is 10.5 Å². The molecule has 0 fully saturated rings. The molecule has 0 aliphatic heterocycles. The molecule has 8 heteroatoms. The minimum Gasteiger partial charge on any atom is -0.316 e. The van der Waals surface area contributed by atoms with Crippen molar-refractivity contribution in [3.63, 3.8) is 0 Å². The van der Waals surface area contributed by atoms with E-state index >= 15 is 0 Å². The Morgan fingerprint density at radius 1 is 1.29 bits per heavy atom. The Hall–Kier alpha value is -1.55. The van der Waals surface area contributed by atoms with E-state index in [4.69, 9.17) is 0 Å². The highest BCUT2D eigenvalue weighted by Gasteiger charge is 2.18. The highest BCUT2D eigenvalue weighted by atomic mass is 127. The molecule has 0 aliphatic rings. The van der Waals surface area contributed by atoms with Crippen molar-refractivity contribution in [1.29, 1.82) is 0 Å². The average molecular weight is 465 g/mol. The predicted molar refractivity (Wildman–Crippen MR) is 87.9 cm³/mol. The van der Waals surface area contributed by atoms with Gasteiger partial charge in [0, 0.05) is 20.2 Å². The first-order valence-corrected chi connectivity index (χ1v) is 7.46. The summed E-state index contributed by atoms with van der Waals surface area (Å²) in [6, 6.07) is 7.97. The smallest absolute Gasteiger partial charge is 0.292 e. The number of benzene rings is 2. The summed E-state index contributed by atoms with van der Waals surface area (Å²) < 4.78 is 14.6. The Bertz CT molecular complexity index is 739. The summed E-state index contributed by atoms with van der Waals surface area (Å²) in [6.07, 6.45) is 0. The highest BCUT2D eigenvalue weighted by Crippen LogP contribution is 2.26. The van der Waals surface area contributed by atoms with E-state index in [-0.39, 0.29) is 11.4 Å². The zero-order valence-corrected chi connectivity index (χ0v) is 14.0. The number of amides is 1. The number of halogens is 3. The first-order valence-electron chi connectivity index (χ1n) is 5.59. The van der Waals surface area contributed by atoms with Crippen molar-refractivity contribution in [2.75, 3.05) is 5.32 Å². The molecule has 1 N–H and O–H groups in total. The maximum absolute atomic E-state index is 13.2. The van der Waals surface area contributed by atoms with Crippen LogP contribution in [0.4, 0.5) is 15.8 Å². The van der Waals surface area contributed by atoms with Crippen molar-refractivity contribution in [1.82, 2.24) is 0 Å². The van der Waals surface area contributed by atoms with E-state index in [0.29, 0.717) is 13.6 Å². The van der Waals surface area contributed by atoms with E-state index < -0.39 is 16.6 Å². The van der Waals surface area contributed by atoms with Gasteiger partial charge in [0.1, 0.15) is 11.5 Å². The summed E-state index contributed by atoms with van der Waals surface area (Å²) in [6.45, 7) is 0. The minimum atomic E-state index is -0.680. The maximum atomic E-state index is 13.2. The van der Waals surface area contributed by atoms with Crippen LogP contribution in [0, 0.1) is 19.5 Å². The lowest BCUT2D eigenvalue weighted by molar-refractivity contribution is -0.384. The van der Waals surface area contributed by atoms with Gasteiger partial charge in [0.2, 0.25) is 0 Å². The van der Waals surface area contributed by atoms with Crippen molar-refractivity contribution in [2.24, 2.45) is 0 Å². The van der Waals surface area contributed by atoms with Crippen LogP contribution in [0.1, 0.15) is 10.4 Å². The normalized spacial score (nSPS) is 10.2. The van der Waals surface area contributed by atoms with Gasteiger partial charge in [0.25, 0.3) is 11.6 Å². The standard InChI is InChI=1S/C13H7BrFIN2O3/c14-7-1-3-10(16)9(5-7)13(19)17-11-6-8(15)2-4-12(11)18(20)21/h1-6H,(H,17,19). The van der Waals surface area contributed by atoms with Crippen LogP contribution < -0.4 is 5.32 Å². The fourth-order valence-corrected chi connectivity index (χ4v) is 2.57. The predicted octanol–water partition coefficient (Wildman–Crippen LogP) is 4.35. The van der Waals surface area contributed by atoms with E-state index in [1.807, 2.05) is 22.6 Å². The summed E-state index contributed by atoms with van der Waals surface area (Å²) in [4.78, 5) is 22.4. The molecule has 2 aromatic carbocycles. The average Bonchev–Trinajstić information content (AvgIpc) is 2.41. The molecular weight excluding hydrogens is 458 g/mol.